The van der Waals surface area contributed by atoms with E-state index in [1.54, 1.807) is 36.4 Å². The minimum atomic E-state index is -3.65. The van der Waals surface area contributed by atoms with Gasteiger partial charge in [-0.3, -0.25) is 9.59 Å². The normalized spacial score (nSPS) is 16.5. The first-order chi connectivity index (χ1) is 15.2. The van der Waals surface area contributed by atoms with Crippen LogP contribution < -0.4 is 10.6 Å². The van der Waals surface area contributed by atoms with Crippen LogP contribution in [0.4, 0.5) is 0 Å². The Morgan fingerprint density at radius 3 is 2.12 bits per heavy atom. The Bertz CT molecular complexity index is 1030. The van der Waals surface area contributed by atoms with E-state index in [-0.39, 0.29) is 41.8 Å². The Morgan fingerprint density at radius 1 is 0.969 bits per heavy atom. The summed E-state index contributed by atoms with van der Waals surface area (Å²) in [4.78, 5) is 25.8. The van der Waals surface area contributed by atoms with Gasteiger partial charge in [0.25, 0.3) is 5.91 Å². The minimum Gasteiger partial charge on any atom is -0.352 e. The molecule has 1 fully saturated rings. The third-order valence-electron chi connectivity index (χ3n) is 5.46. The van der Waals surface area contributed by atoms with Crippen LogP contribution in [-0.2, 0) is 14.8 Å². The molecule has 7 nitrogen and oxygen atoms in total. The van der Waals surface area contributed by atoms with Crippen molar-refractivity contribution in [3.8, 4) is 0 Å². The van der Waals surface area contributed by atoms with Gasteiger partial charge in [-0.05, 0) is 69.0 Å². The zero-order chi connectivity index (χ0) is 23.3. The van der Waals surface area contributed by atoms with Crippen LogP contribution in [0.3, 0.4) is 0 Å². The number of nitrogens with one attached hydrogen (secondary N) is 2. The lowest BCUT2D eigenvalue weighted by Gasteiger charge is -2.35. The summed E-state index contributed by atoms with van der Waals surface area (Å²) in [5, 5.41) is 6.21. The average molecular weight is 478 g/mol. The van der Waals surface area contributed by atoms with Gasteiger partial charge in [0.15, 0.2) is 0 Å². The number of benzene rings is 2. The standard InChI is InChI=1S/C23H28ClN3O4S/c1-16(2)25-23(29)21(26-22(28)18-6-4-3-5-7-18)17-12-14-27(15-13-17)32(30,31)20-10-8-19(24)9-11-20/h3-11,16-17,21H,12-15H2,1-2H3,(H,25,29)(H,26,28). The molecule has 1 unspecified atom stereocenters. The number of hydrogen-bond acceptors (Lipinski definition) is 4. The lowest BCUT2D eigenvalue weighted by molar-refractivity contribution is -0.125. The lowest BCUT2D eigenvalue weighted by Crippen LogP contribution is -2.54. The molecule has 1 aliphatic rings. The van der Waals surface area contributed by atoms with Crippen molar-refractivity contribution >= 4 is 33.4 Å². The number of sulfonamides is 1. The molecular formula is C23H28ClN3O4S. The van der Waals surface area contributed by atoms with E-state index < -0.39 is 16.1 Å². The number of rotatable bonds is 7. The highest BCUT2D eigenvalue weighted by atomic mass is 35.5. The van der Waals surface area contributed by atoms with Crippen molar-refractivity contribution in [2.45, 2.75) is 43.7 Å². The number of piperidine rings is 1. The van der Waals surface area contributed by atoms with E-state index in [1.807, 2.05) is 19.9 Å². The van der Waals surface area contributed by atoms with Crippen LogP contribution in [0.1, 0.15) is 37.0 Å². The van der Waals surface area contributed by atoms with Crippen LogP contribution in [0.5, 0.6) is 0 Å². The zero-order valence-corrected chi connectivity index (χ0v) is 19.7. The number of halogens is 1. The molecule has 0 saturated carbocycles. The van der Waals surface area contributed by atoms with Crippen LogP contribution in [0.2, 0.25) is 5.02 Å². The van der Waals surface area contributed by atoms with Crippen molar-refractivity contribution in [3.05, 3.63) is 65.2 Å². The summed E-state index contributed by atoms with van der Waals surface area (Å²) in [6.07, 6.45) is 0.913. The molecule has 0 aliphatic carbocycles. The van der Waals surface area contributed by atoms with Crippen LogP contribution in [0, 0.1) is 5.92 Å². The Labute approximate surface area is 194 Å². The summed E-state index contributed by atoms with van der Waals surface area (Å²) in [5.74, 6) is -0.771. The summed E-state index contributed by atoms with van der Waals surface area (Å²) >= 11 is 5.87. The average Bonchev–Trinajstić information content (AvgIpc) is 2.78. The van der Waals surface area contributed by atoms with Gasteiger partial charge in [0, 0.05) is 29.7 Å². The Balaban J connectivity index is 1.72. The summed E-state index contributed by atoms with van der Waals surface area (Å²) in [5.41, 5.74) is 0.470. The maximum Gasteiger partial charge on any atom is 0.251 e. The first-order valence-corrected chi connectivity index (χ1v) is 12.4. The molecule has 2 N–H and O–H groups in total. The predicted molar refractivity (Wildman–Crippen MR) is 124 cm³/mol. The first-order valence-electron chi connectivity index (χ1n) is 10.6. The number of carbonyl (C=O) groups is 2. The fourth-order valence-corrected chi connectivity index (χ4v) is 5.39. The van der Waals surface area contributed by atoms with E-state index in [2.05, 4.69) is 10.6 Å². The quantitative estimate of drug-likeness (QED) is 0.640. The van der Waals surface area contributed by atoms with Crippen molar-refractivity contribution in [3.63, 3.8) is 0 Å². The molecule has 1 atom stereocenters. The van der Waals surface area contributed by atoms with Crippen LogP contribution >= 0.6 is 11.6 Å². The fourth-order valence-electron chi connectivity index (χ4n) is 3.79. The number of nitrogens with zero attached hydrogens (tertiary/aromatic N) is 1. The van der Waals surface area contributed by atoms with Crippen molar-refractivity contribution in [2.75, 3.05) is 13.1 Å². The largest absolute Gasteiger partial charge is 0.352 e. The van der Waals surface area contributed by atoms with Crippen LogP contribution in [0.25, 0.3) is 0 Å². The number of hydrogen-bond donors (Lipinski definition) is 2. The molecule has 1 saturated heterocycles. The molecule has 1 heterocycles. The third-order valence-corrected chi connectivity index (χ3v) is 7.62. The van der Waals surface area contributed by atoms with Gasteiger partial charge in [0.05, 0.1) is 4.90 Å². The van der Waals surface area contributed by atoms with Crippen LogP contribution in [0.15, 0.2) is 59.5 Å². The molecule has 2 amide bonds. The topological polar surface area (TPSA) is 95.6 Å². The number of carbonyl (C=O) groups excluding carboxylic acids is 2. The summed E-state index contributed by atoms with van der Waals surface area (Å²) < 4.78 is 27.3. The molecule has 2 aromatic rings. The van der Waals surface area contributed by atoms with Crippen molar-refractivity contribution in [1.29, 1.82) is 0 Å². The van der Waals surface area contributed by atoms with Gasteiger partial charge in [-0.15, -0.1) is 0 Å². The Kier molecular flexibility index (Phi) is 7.92. The second-order valence-corrected chi connectivity index (χ2v) is 10.6. The smallest absolute Gasteiger partial charge is 0.251 e. The van der Waals surface area contributed by atoms with Gasteiger partial charge in [-0.1, -0.05) is 29.8 Å². The molecule has 0 spiro atoms. The number of amides is 2. The second kappa shape index (κ2) is 10.5. The molecule has 0 aromatic heterocycles. The van der Waals surface area contributed by atoms with E-state index in [9.17, 15) is 18.0 Å². The highest BCUT2D eigenvalue weighted by Crippen LogP contribution is 2.27. The first kappa shape index (κ1) is 24.2. The highest BCUT2D eigenvalue weighted by molar-refractivity contribution is 7.89. The Hall–Kier alpha value is -2.42. The van der Waals surface area contributed by atoms with E-state index in [0.29, 0.717) is 23.4 Å². The van der Waals surface area contributed by atoms with Gasteiger partial charge in [-0.25, -0.2) is 8.42 Å². The molecule has 3 rings (SSSR count). The van der Waals surface area contributed by atoms with Gasteiger partial charge in [0.1, 0.15) is 6.04 Å². The van der Waals surface area contributed by atoms with Crippen LogP contribution in [-0.4, -0.2) is 49.7 Å². The minimum absolute atomic E-state index is 0.0796. The maximum absolute atomic E-state index is 13.0. The predicted octanol–water partition coefficient (Wildman–Crippen LogP) is 3.06. The molecule has 32 heavy (non-hydrogen) atoms. The van der Waals surface area contributed by atoms with E-state index >= 15 is 0 Å². The molecule has 172 valence electrons. The van der Waals surface area contributed by atoms with Gasteiger partial charge < -0.3 is 10.6 Å². The van der Waals surface area contributed by atoms with Gasteiger partial charge in [0.2, 0.25) is 15.9 Å². The van der Waals surface area contributed by atoms with Crippen molar-refractivity contribution in [1.82, 2.24) is 14.9 Å². The summed E-state index contributed by atoms with van der Waals surface area (Å²) in [6.45, 7) is 4.25. The molecule has 9 heteroatoms. The third kappa shape index (κ3) is 5.88. The van der Waals surface area contributed by atoms with Crippen molar-refractivity contribution < 1.29 is 18.0 Å². The molecule has 0 radical (unpaired) electrons. The van der Waals surface area contributed by atoms with Gasteiger partial charge >= 0.3 is 0 Å². The second-order valence-electron chi connectivity index (χ2n) is 8.18. The molecular weight excluding hydrogens is 450 g/mol. The van der Waals surface area contributed by atoms with Gasteiger partial charge in [-0.2, -0.15) is 4.31 Å². The lowest BCUT2D eigenvalue weighted by atomic mass is 9.89. The summed E-state index contributed by atoms with van der Waals surface area (Å²) in [7, 11) is -3.65. The van der Waals surface area contributed by atoms with E-state index in [0.717, 1.165) is 0 Å². The highest BCUT2D eigenvalue weighted by Gasteiger charge is 2.36. The molecule has 1 aliphatic heterocycles. The summed E-state index contributed by atoms with van der Waals surface area (Å²) in [6, 6.07) is 14.0. The zero-order valence-electron chi connectivity index (χ0n) is 18.1. The molecule has 2 aromatic carbocycles. The van der Waals surface area contributed by atoms with E-state index in [4.69, 9.17) is 11.6 Å². The fraction of sp³-hybridized carbons (Fsp3) is 0.391. The van der Waals surface area contributed by atoms with Crippen molar-refractivity contribution in [2.24, 2.45) is 5.92 Å². The SMILES string of the molecule is CC(C)NC(=O)C(NC(=O)c1ccccc1)C1CCN(S(=O)(=O)c2ccc(Cl)cc2)CC1. The maximum atomic E-state index is 13.0. The monoisotopic (exact) mass is 477 g/mol. The Morgan fingerprint density at radius 2 is 1.56 bits per heavy atom. The van der Waals surface area contributed by atoms with E-state index in [1.165, 1.54) is 16.4 Å². The molecule has 0 bridgehead atoms.